The molecule has 3 rings (SSSR count). The van der Waals surface area contributed by atoms with Gasteiger partial charge in [-0.25, -0.2) is 0 Å². The quantitative estimate of drug-likeness (QED) is 0.690. The van der Waals surface area contributed by atoms with E-state index >= 15 is 0 Å². The SMILES string of the molecule is CCC1=Cc2c(cccc2-c2cccc(Br)c2)C1. The Labute approximate surface area is 116 Å². The van der Waals surface area contributed by atoms with E-state index in [1.165, 1.54) is 27.8 Å². The van der Waals surface area contributed by atoms with Crippen LogP contribution in [0.5, 0.6) is 0 Å². The molecular weight excluding hydrogens is 284 g/mol. The lowest BCUT2D eigenvalue weighted by atomic mass is 9.97. The van der Waals surface area contributed by atoms with E-state index in [4.69, 9.17) is 0 Å². The Morgan fingerprint density at radius 3 is 2.72 bits per heavy atom. The first-order valence-electron chi connectivity index (χ1n) is 6.35. The van der Waals surface area contributed by atoms with Crippen LogP contribution in [0.15, 0.2) is 52.5 Å². The van der Waals surface area contributed by atoms with Gasteiger partial charge in [0.1, 0.15) is 0 Å². The fraction of sp³-hybridized carbons (Fsp3) is 0.176. The topological polar surface area (TPSA) is 0 Å². The molecule has 0 N–H and O–H groups in total. The van der Waals surface area contributed by atoms with Gasteiger partial charge in [0.05, 0.1) is 0 Å². The average Bonchev–Trinajstić information content (AvgIpc) is 2.81. The number of fused-ring (bicyclic) bond motifs is 1. The molecular formula is C17H15Br. The van der Waals surface area contributed by atoms with Gasteiger partial charge in [0, 0.05) is 4.47 Å². The summed E-state index contributed by atoms with van der Waals surface area (Å²) in [7, 11) is 0. The van der Waals surface area contributed by atoms with Gasteiger partial charge in [0.2, 0.25) is 0 Å². The molecule has 0 aromatic heterocycles. The number of rotatable bonds is 2. The summed E-state index contributed by atoms with van der Waals surface area (Å²) < 4.78 is 1.13. The highest BCUT2D eigenvalue weighted by atomic mass is 79.9. The van der Waals surface area contributed by atoms with Crippen LogP contribution in [-0.4, -0.2) is 0 Å². The molecule has 0 spiro atoms. The summed E-state index contributed by atoms with van der Waals surface area (Å²) in [4.78, 5) is 0. The molecule has 0 atom stereocenters. The normalized spacial score (nSPS) is 13.3. The minimum atomic E-state index is 1.12. The van der Waals surface area contributed by atoms with Crippen LogP contribution >= 0.6 is 15.9 Å². The summed E-state index contributed by atoms with van der Waals surface area (Å²) in [6.45, 7) is 2.23. The number of hydrogen-bond donors (Lipinski definition) is 0. The third-order valence-electron chi connectivity index (χ3n) is 3.55. The zero-order valence-electron chi connectivity index (χ0n) is 10.4. The lowest BCUT2D eigenvalue weighted by Gasteiger charge is -2.08. The predicted octanol–water partition coefficient (Wildman–Crippen LogP) is 5.47. The summed E-state index contributed by atoms with van der Waals surface area (Å²) in [5.41, 5.74) is 7.04. The van der Waals surface area contributed by atoms with Crippen LogP contribution in [0.1, 0.15) is 24.5 Å². The first kappa shape index (κ1) is 11.7. The number of allylic oxidation sites excluding steroid dienone is 1. The standard InChI is InChI=1S/C17H15Br/c1-2-12-9-13-6-4-8-16(17(13)10-12)14-5-3-7-15(18)11-14/h3-8,10-11H,2,9H2,1H3. The van der Waals surface area contributed by atoms with Crippen molar-refractivity contribution < 1.29 is 0 Å². The van der Waals surface area contributed by atoms with E-state index in [0.717, 1.165) is 17.3 Å². The fourth-order valence-corrected chi connectivity index (χ4v) is 2.97. The molecule has 1 aliphatic rings. The van der Waals surface area contributed by atoms with Crippen LogP contribution in [0.25, 0.3) is 17.2 Å². The molecule has 90 valence electrons. The Balaban J connectivity index is 2.15. The van der Waals surface area contributed by atoms with Crippen LogP contribution in [0.3, 0.4) is 0 Å². The zero-order valence-corrected chi connectivity index (χ0v) is 12.0. The predicted molar refractivity (Wildman–Crippen MR) is 81.6 cm³/mol. The second-order valence-electron chi connectivity index (χ2n) is 4.72. The molecule has 0 heterocycles. The van der Waals surface area contributed by atoms with Crippen molar-refractivity contribution in [3.8, 4) is 11.1 Å². The van der Waals surface area contributed by atoms with Gasteiger partial charge in [0.25, 0.3) is 0 Å². The van der Waals surface area contributed by atoms with Gasteiger partial charge in [-0.1, -0.05) is 64.8 Å². The lowest BCUT2D eigenvalue weighted by Crippen LogP contribution is -1.87. The Morgan fingerprint density at radius 1 is 1.11 bits per heavy atom. The molecule has 0 saturated carbocycles. The molecule has 2 aromatic carbocycles. The smallest absolute Gasteiger partial charge is 0.0181 e. The Kier molecular flexibility index (Phi) is 3.09. The minimum Gasteiger partial charge on any atom is -0.0655 e. The van der Waals surface area contributed by atoms with Crippen molar-refractivity contribution >= 4 is 22.0 Å². The van der Waals surface area contributed by atoms with Crippen molar-refractivity contribution in [3.63, 3.8) is 0 Å². The Bertz CT molecular complexity index is 623. The van der Waals surface area contributed by atoms with Gasteiger partial charge in [-0.15, -0.1) is 0 Å². The van der Waals surface area contributed by atoms with E-state index in [9.17, 15) is 0 Å². The van der Waals surface area contributed by atoms with Gasteiger partial charge in [-0.2, -0.15) is 0 Å². The van der Waals surface area contributed by atoms with Crippen LogP contribution in [0.2, 0.25) is 0 Å². The summed E-state index contributed by atoms with van der Waals surface area (Å²) in [5.74, 6) is 0. The van der Waals surface area contributed by atoms with E-state index in [1.807, 2.05) is 0 Å². The van der Waals surface area contributed by atoms with Crippen molar-refractivity contribution in [2.75, 3.05) is 0 Å². The molecule has 0 bridgehead atoms. The maximum absolute atomic E-state index is 3.55. The van der Waals surface area contributed by atoms with Crippen molar-refractivity contribution in [1.82, 2.24) is 0 Å². The Hall–Kier alpha value is -1.34. The molecule has 1 aliphatic carbocycles. The molecule has 0 nitrogen and oxygen atoms in total. The summed E-state index contributed by atoms with van der Waals surface area (Å²) in [5, 5.41) is 0. The summed E-state index contributed by atoms with van der Waals surface area (Å²) in [6.07, 6.45) is 4.63. The van der Waals surface area contributed by atoms with E-state index in [-0.39, 0.29) is 0 Å². The molecule has 0 radical (unpaired) electrons. The van der Waals surface area contributed by atoms with Gasteiger partial charge < -0.3 is 0 Å². The van der Waals surface area contributed by atoms with Gasteiger partial charge in [-0.05, 0) is 47.2 Å². The highest BCUT2D eigenvalue weighted by Gasteiger charge is 2.15. The Morgan fingerprint density at radius 2 is 1.94 bits per heavy atom. The maximum Gasteiger partial charge on any atom is 0.0181 e. The highest BCUT2D eigenvalue weighted by Crippen LogP contribution is 2.35. The zero-order chi connectivity index (χ0) is 12.5. The fourth-order valence-electron chi connectivity index (χ4n) is 2.57. The molecule has 0 saturated heterocycles. The van der Waals surface area contributed by atoms with Crippen LogP contribution in [0.4, 0.5) is 0 Å². The molecule has 0 aliphatic heterocycles. The first-order chi connectivity index (χ1) is 8.78. The molecule has 18 heavy (non-hydrogen) atoms. The van der Waals surface area contributed by atoms with E-state index in [0.29, 0.717) is 0 Å². The number of hydrogen-bond acceptors (Lipinski definition) is 0. The van der Waals surface area contributed by atoms with E-state index in [2.05, 4.69) is 71.4 Å². The average molecular weight is 299 g/mol. The lowest BCUT2D eigenvalue weighted by molar-refractivity contribution is 1.04. The first-order valence-corrected chi connectivity index (χ1v) is 7.14. The minimum absolute atomic E-state index is 1.12. The third-order valence-corrected chi connectivity index (χ3v) is 4.05. The molecule has 0 unspecified atom stereocenters. The van der Waals surface area contributed by atoms with Crippen molar-refractivity contribution in [2.45, 2.75) is 19.8 Å². The van der Waals surface area contributed by atoms with Crippen LogP contribution in [0, 0.1) is 0 Å². The van der Waals surface area contributed by atoms with Gasteiger partial charge in [0.15, 0.2) is 0 Å². The second kappa shape index (κ2) is 4.74. The summed E-state index contributed by atoms with van der Waals surface area (Å²) in [6, 6.07) is 15.2. The van der Waals surface area contributed by atoms with Gasteiger partial charge >= 0.3 is 0 Å². The maximum atomic E-state index is 3.55. The molecule has 2 aromatic rings. The highest BCUT2D eigenvalue weighted by molar-refractivity contribution is 9.10. The third kappa shape index (κ3) is 2.04. The number of halogens is 1. The second-order valence-corrected chi connectivity index (χ2v) is 5.64. The molecule has 0 fully saturated rings. The van der Waals surface area contributed by atoms with E-state index in [1.54, 1.807) is 0 Å². The number of benzene rings is 2. The van der Waals surface area contributed by atoms with Crippen molar-refractivity contribution in [3.05, 3.63) is 63.6 Å². The summed E-state index contributed by atoms with van der Waals surface area (Å²) >= 11 is 3.55. The van der Waals surface area contributed by atoms with Crippen LogP contribution in [-0.2, 0) is 6.42 Å². The largest absolute Gasteiger partial charge is 0.0655 e. The van der Waals surface area contributed by atoms with Crippen molar-refractivity contribution in [2.24, 2.45) is 0 Å². The monoisotopic (exact) mass is 298 g/mol. The van der Waals surface area contributed by atoms with Crippen LogP contribution < -0.4 is 0 Å². The molecule has 0 amide bonds. The van der Waals surface area contributed by atoms with Crippen molar-refractivity contribution in [1.29, 1.82) is 0 Å². The molecule has 1 heteroatoms. The van der Waals surface area contributed by atoms with Gasteiger partial charge in [-0.3, -0.25) is 0 Å². The van der Waals surface area contributed by atoms with E-state index < -0.39 is 0 Å².